The third kappa shape index (κ3) is 3.87. The number of amides is 1. The molecule has 0 spiro atoms. The second-order valence-electron chi connectivity index (χ2n) is 8.02. The summed E-state index contributed by atoms with van der Waals surface area (Å²) >= 11 is 0. The van der Waals surface area contributed by atoms with Crippen LogP contribution in [-0.2, 0) is 0 Å². The highest BCUT2D eigenvalue weighted by Crippen LogP contribution is 2.35. The molecule has 1 unspecified atom stereocenters. The van der Waals surface area contributed by atoms with Gasteiger partial charge in [-0.15, -0.1) is 0 Å². The summed E-state index contributed by atoms with van der Waals surface area (Å²) < 4.78 is 16.3. The summed E-state index contributed by atoms with van der Waals surface area (Å²) in [6, 6.07) is 10.8. The zero-order valence-corrected chi connectivity index (χ0v) is 19.1. The van der Waals surface area contributed by atoms with Crippen LogP contribution in [0.4, 0.5) is 0 Å². The molecule has 34 heavy (non-hydrogen) atoms. The summed E-state index contributed by atoms with van der Waals surface area (Å²) in [5.74, 6) is 1.89. The molecule has 174 valence electrons. The van der Waals surface area contributed by atoms with Crippen molar-refractivity contribution in [2.24, 2.45) is 0 Å². The Bertz CT molecular complexity index is 1320. The second kappa shape index (κ2) is 8.97. The average Bonchev–Trinajstić information content (AvgIpc) is 3.64. The van der Waals surface area contributed by atoms with Crippen LogP contribution in [0.2, 0.25) is 0 Å². The maximum absolute atomic E-state index is 13.7. The van der Waals surface area contributed by atoms with E-state index in [0.29, 0.717) is 41.0 Å². The van der Waals surface area contributed by atoms with Crippen molar-refractivity contribution < 1.29 is 18.8 Å². The van der Waals surface area contributed by atoms with Crippen molar-refractivity contribution in [3.63, 3.8) is 0 Å². The minimum absolute atomic E-state index is 0.121. The van der Waals surface area contributed by atoms with Gasteiger partial charge in [-0.2, -0.15) is 20.0 Å². The maximum Gasteiger partial charge on any atom is 0.256 e. The number of ether oxygens (including phenoxy) is 2. The van der Waals surface area contributed by atoms with Gasteiger partial charge in [0.15, 0.2) is 11.5 Å². The third-order valence-corrected chi connectivity index (χ3v) is 5.90. The summed E-state index contributed by atoms with van der Waals surface area (Å²) in [6.45, 7) is 2.55. The van der Waals surface area contributed by atoms with Crippen molar-refractivity contribution in [2.45, 2.75) is 25.8 Å². The number of carbonyl (C=O) groups is 1. The third-order valence-electron chi connectivity index (χ3n) is 5.90. The van der Waals surface area contributed by atoms with Gasteiger partial charge < -0.3 is 18.9 Å². The Kier molecular flexibility index (Phi) is 5.70. The largest absolute Gasteiger partial charge is 0.493 e. The molecule has 1 amide bonds. The molecule has 1 aliphatic heterocycles. The monoisotopic (exact) mass is 460 g/mol. The minimum atomic E-state index is -0.312. The Morgan fingerprint density at radius 2 is 1.85 bits per heavy atom. The van der Waals surface area contributed by atoms with E-state index in [4.69, 9.17) is 14.0 Å². The van der Waals surface area contributed by atoms with Gasteiger partial charge >= 0.3 is 0 Å². The van der Waals surface area contributed by atoms with E-state index in [9.17, 15) is 4.79 Å². The van der Waals surface area contributed by atoms with Gasteiger partial charge in [0.25, 0.3) is 5.91 Å². The number of benzene rings is 2. The Labute approximate surface area is 196 Å². The van der Waals surface area contributed by atoms with E-state index in [0.717, 1.165) is 24.0 Å². The van der Waals surface area contributed by atoms with Crippen LogP contribution >= 0.6 is 0 Å². The SMILES string of the molecule is COc1ccc(-c2noc(C3CCCN3C(=O)c3cc(C)ccc3-n3nccn3)n2)cc1OC. The molecule has 1 saturated heterocycles. The van der Waals surface area contributed by atoms with Gasteiger partial charge in [0.05, 0.1) is 37.9 Å². The summed E-state index contributed by atoms with van der Waals surface area (Å²) in [6.07, 6.45) is 4.74. The molecule has 0 bridgehead atoms. The molecule has 0 aliphatic carbocycles. The number of likely N-dealkylation sites (tertiary alicyclic amines) is 1. The van der Waals surface area contributed by atoms with Crippen molar-refractivity contribution >= 4 is 5.91 Å². The van der Waals surface area contributed by atoms with Crippen LogP contribution in [0.15, 0.2) is 53.3 Å². The van der Waals surface area contributed by atoms with Gasteiger partial charge in [0, 0.05) is 12.1 Å². The van der Waals surface area contributed by atoms with E-state index in [-0.39, 0.29) is 11.9 Å². The molecule has 2 aromatic carbocycles. The summed E-state index contributed by atoms with van der Waals surface area (Å²) in [5.41, 5.74) is 2.86. The first-order valence-electron chi connectivity index (χ1n) is 10.9. The van der Waals surface area contributed by atoms with E-state index in [1.807, 2.05) is 31.2 Å². The molecule has 10 nitrogen and oxygen atoms in total. The molecular weight excluding hydrogens is 436 g/mol. The van der Waals surface area contributed by atoms with Crippen LogP contribution in [0.3, 0.4) is 0 Å². The second-order valence-corrected chi connectivity index (χ2v) is 8.02. The molecule has 1 aliphatic rings. The van der Waals surface area contributed by atoms with Gasteiger partial charge in [-0.1, -0.05) is 16.8 Å². The highest BCUT2D eigenvalue weighted by atomic mass is 16.5. The first-order chi connectivity index (χ1) is 16.6. The van der Waals surface area contributed by atoms with Gasteiger partial charge in [0.2, 0.25) is 11.7 Å². The van der Waals surface area contributed by atoms with Crippen LogP contribution in [0.5, 0.6) is 11.5 Å². The summed E-state index contributed by atoms with van der Waals surface area (Å²) in [4.78, 5) is 21.5. The maximum atomic E-state index is 13.7. The lowest BCUT2D eigenvalue weighted by atomic mass is 10.1. The molecule has 1 atom stereocenters. The molecule has 2 aromatic heterocycles. The zero-order valence-electron chi connectivity index (χ0n) is 19.1. The van der Waals surface area contributed by atoms with Crippen LogP contribution < -0.4 is 9.47 Å². The Morgan fingerprint density at radius 3 is 2.62 bits per heavy atom. The van der Waals surface area contributed by atoms with Crippen molar-refractivity contribution in [2.75, 3.05) is 20.8 Å². The molecule has 0 saturated carbocycles. The fourth-order valence-electron chi connectivity index (χ4n) is 4.22. The fourth-order valence-corrected chi connectivity index (χ4v) is 4.22. The fraction of sp³-hybridized carbons (Fsp3) is 0.292. The standard InChI is InChI=1S/C24H24N6O4/c1-15-6-8-18(30-25-10-11-26-30)17(13-15)24(31)29-12-4-5-19(29)23-27-22(28-34-23)16-7-9-20(32-2)21(14-16)33-3/h6-11,13-14,19H,4-5,12H2,1-3H3. The number of carbonyl (C=O) groups excluding carboxylic acids is 1. The van der Waals surface area contributed by atoms with E-state index < -0.39 is 0 Å². The Hall–Kier alpha value is -4.21. The lowest BCUT2D eigenvalue weighted by Gasteiger charge is -2.23. The van der Waals surface area contributed by atoms with Crippen LogP contribution in [-0.4, -0.2) is 56.7 Å². The predicted octanol–water partition coefficient (Wildman–Crippen LogP) is 3.62. The van der Waals surface area contributed by atoms with Crippen molar-refractivity contribution in [3.05, 3.63) is 65.8 Å². The Balaban J connectivity index is 1.45. The lowest BCUT2D eigenvalue weighted by molar-refractivity contribution is 0.0709. The molecule has 0 radical (unpaired) electrons. The van der Waals surface area contributed by atoms with Crippen LogP contribution in [0.25, 0.3) is 17.1 Å². The number of rotatable bonds is 6. The van der Waals surface area contributed by atoms with Gasteiger partial charge in [-0.25, -0.2) is 0 Å². The highest BCUT2D eigenvalue weighted by molar-refractivity contribution is 5.98. The number of hydrogen-bond donors (Lipinski definition) is 0. The van der Waals surface area contributed by atoms with Crippen molar-refractivity contribution in [3.8, 4) is 28.6 Å². The average molecular weight is 460 g/mol. The number of hydrogen-bond acceptors (Lipinski definition) is 8. The molecule has 5 rings (SSSR count). The van der Waals surface area contributed by atoms with Gasteiger partial charge in [0.1, 0.15) is 6.04 Å². The minimum Gasteiger partial charge on any atom is -0.493 e. The van der Waals surface area contributed by atoms with E-state index in [1.165, 1.54) is 4.80 Å². The number of aromatic nitrogens is 5. The van der Waals surface area contributed by atoms with Crippen molar-refractivity contribution in [1.29, 1.82) is 0 Å². The quantitative estimate of drug-likeness (QED) is 0.429. The predicted molar refractivity (Wildman–Crippen MR) is 122 cm³/mol. The Morgan fingerprint density at radius 1 is 1.06 bits per heavy atom. The topological polar surface area (TPSA) is 108 Å². The van der Waals surface area contributed by atoms with E-state index in [2.05, 4.69) is 20.3 Å². The summed E-state index contributed by atoms with van der Waals surface area (Å²) in [7, 11) is 3.15. The van der Waals surface area contributed by atoms with Crippen molar-refractivity contribution in [1.82, 2.24) is 30.0 Å². The van der Waals surface area contributed by atoms with Crippen LogP contribution in [0.1, 0.15) is 40.7 Å². The smallest absolute Gasteiger partial charge is 0.256 e. The highest BCUT2D eigenvalue weighted by Gasteiger charge is 2.35. The number of aryl methyl sites for hydroxylation is 1. The molecule has 1 fully saturated rings. The first-order valence-corrected chi connectivity index (χ1v) is 10.9. The molecular formula is C24H24N6O4. The lowest BCUT2D eigenvalue weighted by Crippen LogP contribution is -2.31. The molecule has 10 heteroatoms. The van der Waals surface area contributed by atoms with E-state index >= 15 is 0 Å². The molecule has 4 aromatic rings. The first kappa shape index (κ1) is 21.6. The van der Waals surface area contributed by atoms with Gasteiger partial charge in [-0.05, 0) is 50.1 Å². The number of nitrogens with zero attached hydrogens (tertiary/aromatic N) is 6. The van der Waals surface area contributed by atoms with Gasteiger partial charge in [-0.3, -0.25) is 4.79 Å². The van der Waals surface area contributed by atoms with E-state index in [1.54, 1.807) is 43.6 Å². The zero-order chi connectivity index (χ0) is 23.7. The van der Waals surface area contributed by atoms with Crippen LogP contribution in [0, 0.1) is 6.92 Å². The number of methoxy groups -OCH3 is 2. The molecule has 3 heterocycles. The summed E-state index contributed by atoms with van der Waals surface area (Å²) in [5, 5.41) is 12.6. The molecule has 0 N–H and O–H groups in total. The normalized spacial score (nSPS) is 15.5.